The second-order valence-electron chi connectivity index (χ2n) is 6.41. The minimum Gasteiger partial charge on any atom is -0.481 e. The topological polar surface area (TPSA) is 75.9 Å². The molecule has 1 aromatic rings. The fourth-order valence-electron chi connectivity index (χ4n) is 2.77. The number of hydrogen-bond acceptors (Lipinski definition) is 4. The van der Waals surface area contributed by atoms with Gasteiger partial charge in [-0.15, -0.1) is 12.4 Å². The van der Waals surface area contributed by atoms with E-state index in [0.717, 1.165) is 11.3 Å². The highest BCUT2D eigenvalue weighted by atomic mass is 35.5. The number of benzene rings is 1. The summed E-state index contributed by atoms with van der Waals surface area (Å²) in [5.74, 6) is 0.739. The van der Waals surface area contributed by atoms with Crippen LogP contribution in [-0.2, 0) is 9.59 Å². The third kappa shape index (κ3) is 5.90. The van der Waals surface area contributed by atoms with Gasteiger partial charge in [-0.3, -0.25) is 9.59 Å². The van der Waals surface area contributed by atoms with Crippen LogP contribution in [0.3, 0.4) is 0 Å². The van der Waals surface area contributed by atoms with Gasteiger partial charge < -0.3 is 20.3 Å². The molecule has 0 saturated carbocycles. The molecule has 1 fully saturated rings. The van der Waals surface area contributed by atoms with Crippen molar-refractivity contribution in [2.24, 2.45) is 5.73 Å². The Bertz CT molecular complexity index is 587. The first-order valence-electron chi connectivity index (χ1n) is 8.43. The molecule has 2 N–H and O–H groups in total. The predicted molar refractivity (Wildman–Crippen MR) is 99.9 cm³/mol. The molecule has 0 bridgehead atoms. The van der Waals surface area contributed by atoms with E-state index in [1.165, 1.54) is 0 Å². The quantitative estimate of drug-likeness (QED) is 0.855. The van der Waals surface area contributed by atoms with Crippen molar-refractivity contribution in [2.75, 3.05) is 26.2 Å². The van der Waals surface area contributed by atoms with Gasteiger partial charge in [-0.2, -0.15) is 0 Å². The Morgan fingerprint density at radius 3 is 2.24 bits per heavy atom. The van der Waals surface area contributed by atoms with Gasteiger partial charge >= 0.3 is 0 Å². The van der Waals surface area contributed by atoms with E-state index in [-0.39, 0.29) is 30.3 Å². The number of ether oxygens (including phenoxy) is 1. The second kappa shape index (κ2) is 9.63. The van der Waals surface area contributed by atoms with E-state index in [1.54, 1.807) is 16.7 Å². The summed E-state index contributed by atoms with van der Waals surface area (Å²) < 4.78 is 5.80. The summed E-state index contributed by atoms with van der Waals surface area (Å²) in [5, 5.41) is 0. The maximum Gasteiger partial charge on any atom is 0.263 e. The van der Waals surface area contributed by atoms with Crippen molar-refractivity contribution in [3.05, 3.63) is 29.8 Å². The van der Waals surface area contributed by atoms with Crippen molar-refractivity contribution in [1.29, 1.82) is 0 Å². The van der Waals surface area contributed by atoms with Crippen LogP contribution in [-0.4, -0.2) is 59.9 Å². The van der Waals surface area contributed by atoms with E-state index in [0.29, 0.717) is 32.6 Å². The Labute approximate surface area is 155 Å². The van der Waals surface area contributed by atoms with Crippen molar-refractivity contribution in [2.45, 2.75) is 39.3 Å². The van der Waals surface area contributed by atoms with Crippen molar-refractivity contribution < 1.29 is 14.3 Å². The van der Waals surface area contributed by atoms with Crippen LogP contribution in [0.4, 0.5) is 0 Å². The monoisotopic (exact) mass is 369 g/mol. The maximum atomic E-state index is 12.5. The zero-order valence-corrected chi connectivity index (χ0v) is 15.9. The summed E-state index contributed by atoms with van der Waals surface area (Å²) in [6, 6.07) is 7.51. The van der Waals surface area contributed by atoms with E-state index in [2.05, 4.69) is 0 Å². The number of halogens is 1. The van der Waals surface area contributed by atoms with Crippen LogP contribution < -0.4 is 10.5 Å². The van der Waals surface area contributed by atoms with E-state index >= 15 is 0 Å². The number of carbonyl (C=O) groups is 2. The molecule has 0 aromatic heterocycles. The van der Waals surface area contributed by atoms with Crippen LogP contribution in [0, 0.1) is 6.92 Å². The van der Waals surface area contributed by atoms with Gasteiger partial charge in [-0.1, -0.05) is 18.2 Å². The normalized spacial score (nSPS) is 16.6. The standard InChI is InChI=1S/C18H27N3O3.ClH/c1-13-6-4-5-7-16(13)24-15(3)18(23)21-10-8-20(9-11-21)17(22)12-14(2)19;/h4-7,14-15H,8-12,19H2,1-3H3;1H. The molecular weight excluding hydrogens is 342 g/mol. The highest BCUT2D eigenvalue weighted by molar-refractivity contribution is 5.85. The predicted octanol–water partition coefficient (Wildman–Crippen LogP) is 1.59. The number of nitrogens with zero attached hydrogens (tertiary/aromatic N) is 2. The first-order chi connectivity index (χ1) is 11.4. The summed E-state index contributed by atoms with van der Waals surface area (Å²) in [7, 11) is 0. The first-order valence-corrected chi connectivity index (χ1v) is 8.43. The molecule has 1 aromatic carbocycles. The molecule has 0 aliphatic carbocycles. The molecule has 2 rings (SSSR count). The molecule has 1 heterocycles. The molecule has 0 spiro atoms. The van der Waals surface area contributed by atoms with Crippen molar-refractivity contribution in [3.63, 3.8) is 0 Å². The highest BCUT2D eigenvalue weighted by Crippen LogP contribution is 2.18. The number of hydrogen-bond donors (Lipinski definition) is 1. The van der Waals surface area contributed by atoms with Gasteiger partial charge in [0, 0.05) is 38.6 Å². The maximum absolute atomic E-state index is 12.5. The number of nitrogens with two attached hydrogens (primary N) is 1. The molecule has 140 valence electrons. The van der Waals surface area contributed by atoms with Crippen LogP contribution in [0.2, 0.25) is 0 Å². The summed E-state index contributed by atoms with van der Waals surface area (Å²) in [6.45, 7) is 7.71. The number of piperazine rings is 1. The van der Waals surface area contributed by atoms with Gasteiger partial charge in [-0.25, -0.2) is 0 Å². The Morgan fingerprint density at radius 2 is 1.68 bits per heavy atom. The molecule has 1 aliphatic rings. The number of amides is 2. The van der Waals surface area contributed by atoms with Gasteiger partial charge in [0.2, 0.25) is 5.91 Å². The zero-order chi connectivity index (χ0) is 17.7. The average molecular weight is 370 g/mol. The highest BCUT2D eigenvalue weighted by Gasteiger charge is 2.28. The summed E-state index contributed by atoms with van der Waals surface area (Å²) in [6.07, 6.45) is -0.196. The van der Waals surface area contributed by atoms with E-state index in [4.69, 9.17) is 10.5 Å². The minimum absolute atomic E-state index is 0. The zero-order valence-electron chi connectivity index (χ0n) is 15.1. The third-order valence-corrected chi connectivity index (χ3v) is 4.19. The lowest BCUT2D eigenvalue weighted by atomic mass is 10.2. The molecule has 2 amide bonds. The van der Waals surface area contributed by atoms with Crippen LogP contribution >= 0.6 is 12.4 Å². The Balaban J connectivity index is 0.00000312. The molecule has 1 saturated heterocycles. The van der Waals surface area contributed by atoms with Crippen molar-refractivity contribution >= 4 is 24.2 Å². The van der Waals surface area contributed by atoms with Gasteiger partial charge in [0.1, 0.15) is 5.75 Å². The number of rotatable bonds is 5. The molecule has 25 heavy (non-hydrogen) atoms. The fourth-order valence-corrected chi connectivity index (χ4v) is 2.77. The van der Waals surface area contributed by atoms with Gasteiger partial charge in [-0.05, 0) is 32.4 Å². The largest absolute Gasteiger partial charge is 0.481 e. The summed E-state index contributed by atoms with van der Waals surface area (Å²) >= 11 is 0. The van der Waals surface area contributed by atoms with Gasteiger partial charge in [0.15, 0.2) is 6.10 Å². The molecule has 0 radical (unpaired) electrons. The number of carbonyl (C=O) groups excluding carboxylic acids is 2. The van der Waals surface area contributed by atoms with Crippen LogP contribution in [0.5, 0.6) is 5.75 Å². The van der Waals surface area contributed by atoms with Crippen LogP contribution in [0.1, 0.15) is 25.8 Å². The second-order valence-corrected chi connectivity index (χ2v) is 6.41. The Kier molecular flexibility index (Phi) is 8.19. The number of aryl methyl sites for hydroxylation is 1. The number of para-hydroxylation sites is 1. The molecule has 2 unspecified atom stereocenters. The van der Waals surface area contributed by atoms with Gasteiger partial charge in [0.05, 0.1) is 0 Å². The summed E-state index contributed by atoms with van der Waals surface area (Å²) in [4.78, 5) is 28.1. The summed E-state index contributed by atoms with van der Waals surface area (Å²) in [5.41, 5.74) is 6.68. The first kappa shape index (κ1) is 21.3. The third-order valence-electron chi connectivity index (χ3n) is 4.19. The molecule has 6 nitrogen and oxygen atoms in total. The molecule has 1 aliphatic heterocycles. The van der Waals surface area contributed by atoms with E-state index in [9.17, 15) is 9.59 Å². The smallest absolute Gasteiger partial charge is 0.263 e. The van der Waals surface area contributed by atoms with Crippen molar-refractivity contribution in [3.8, 4) is 5.75 Å². The fraction of sp³-hybridized carbons (Fsp3) is 0.556. The molecule has 2 atom stereocenters. The van der Waals surface area contributed by atoms with Crippen LogP contribution in [0.25, 0.3) is 0 Å². The average Bonchev–Trinajstić information content (AvgIpc) is 2.55. The Morgan fingerprint density at radius 1 is 1.12 bits per heavy atom. The lowest BCUT2D eigenvalue weighted by molar-refractivity contribution is -0.143. The van der Waals surface area contributed by atoms with Crippen molar-refractivity contribution in [1.82, 2.24) is 9.80 Å². The molecular formula is C18H28ClN3O3. The van der Waals surface area contributed by atoms with Gasteiger partial charge in [0.25, 0.3) is 5.91 Å². The van der Waals surface area contributed by atoms with Crippen LogP contribution in [0.15, 0.2) is 24.3 Å². The SMILES string of the molecule is Cc1ccccc1OC(C)C(=O)N1CCN(C(=O)CC(C)N)CC1.Cl. The van der Waals surface area contributed by atoms with E-state index in [1.807, 2.05) is 38.1 Å². The Hall–Kier alpha value is -1.79. The van der Waals surface area contributed by atoms with E-state index < -0.39 is 6.10 Å². The minimum atomic E-state index is -0.544. The lowest BCUT2D eigenvalue weighted by Gasteiger charge is -2.36. The lowest BCUT2D eigenvalue weighted by Crippen LogP contribution is -2.53. The molecule has 7 heteroatoms.